The number of halogens is 3. The molecule has 28 heavy (non-hydrogen) atoms. The van der Waals surface area contributed by atoms with Gasteiger partial charge in [-0.05, 0) is 39.8 Å². The van der Waals surface area contributed by atoms with Gasteiger partial charge in [-0.1, -0.05) is 17.7 Å². The Kier molecular flexibility index (Phi) is 9.47. The monoisotopic (exact) mass is 425 g/mol. The molecule has 0 saturated heterocycles. The third-order valence-electron chi connectivity index (χ3n) is 3.82. The average Bonchev–Trinajstić information content (AvgIpc) is 2.59. The first-order valence-electron chi connectivity index (χ1n) is 9.01. The number of hydrogen-bond donors (Lipinski definition) is 1. The van der Waals surface area contributed by atoms with Crippen molar-refractivity contribution < 1.29 is 36.3 Å². The maximum Gasteiger partial charge on any atom is 0.409 e. The van der Waals surface area contributed by atoms with E-state index in [1.807, 2.05) is 0 Å². The third kappa shape index (κ3) is 7.11. The van der Waals surface area contributed by atoms with Crippen LogP contribution < -0.4 is 5.32 Å². The number of alkyl halides is 3. The van der Waals surface area contributed by atoms with E-state index < -0.39 is 37.9 Å². The number of carbonyl (C=O) groups is 1. The zero-order valence-corrected chi connectivity index (χ0v) is 17.3. The molecular weight excluding hydrogens is 398 g/mol. The van der Waals surface area contributed by atoms with E-state index in [0.717, 1.165) is 5.56 Å². The van der Waals surface area contributed by atoms with E-state index in [2.05, 4.69) is 5.32 Å². The lowest BCUT2D eigenvalue weighted by Gasteiger charge is -2.34. The van der Waals surface area contributed by atoms with Crippen LogP contribution in [-0.4, -0.2) is 43.7 Å². The van der Waals surface area contributed by atoms with Crippen LogP contribution in [-0.2, 0) is 23.1 Å². The van der Waals surface area contributed by atoms with Crippen LogP contribution in [0.3, 0.4) is 0 Å². The summed E-state index contributed by atoms with van der Waals surface area (Å²) in [6.07, 6.45) is -5.60. The molecule has 0 aliphatic rings. The highest BCUT2D eigenvalue weighted by Crippen LogP contribution is 2.57. The minimum absolute atomic E-state index is 0.0127. The molecule has 1 aromatic rings. The van der Waals surface area contributed by atoms with Crippen LogP contribution in [0.15, 0.2) is 24.3 Å². The largest absolute Gasteiger partial charge is 0.466 e. The van der Waals surface area contributed by atoms with Gasteiger partial charge in [0.2, 0.25) is 0 Å². The number of rotatable bonds is 11. The molecule has 0 saturated carbocycles. The molecule has 0 spiro atoms. The van der Waals surface area contributed by atoms with Crippen molar-refractivity contribution in [2.75, 3.05) is 25.1 Å². The fraction of sp³-hybridized carbons (Fsp3) is 0.611. The molecule has 0 amide bonds. The van der Waals surface area contributed by atoms with Crippen LogP contribution in [0, 0.1) is 6.92 Å². The van der Waals surface area contributed by atoms with Gasteiger partial charge in [-0.25, -0.2) is 0 Å². The number of anilines is 1. The molecular formula is C18H27F3NO5P. The Balaban J connectivity index is 3.37. The van der Waals surface area contributed by atoms with E-state index >= 15 is 0 Å². The second-order valence-corrected chi connectivity index (χ2v) is 8.24. The zero-order valence-electron chi connectivity index (χ0n) is 16.4. The van der Waals surface area contributed by atoms with Crippen LogP contribution >= 0.6 is 7.60 Å². The summed E-state index contributed by atoms with van der Waals surface area (Å²) in [5.41, 5.74) is -0.777. The van der Waals surface area contributed by atoms with Crippen LogP contribution in [0.25, 0.3) is 0 Å². The minimum atomic E-state index is -4.83. The minimum Gasteiger partial charge on any atom is -0.466 e. The van der Waals surface area contributed by atoms with Gasteiger partial charge in [-0.3, -0.25) is 9.36 Å². The van der Waals surface area contributed by atoms with Crippen molar-refractivity contribution in [1.29, 1.82) is 0 Å². The standard InChI is InChI=1S/C18H27F3NO5P/c1-5-25-16(23)12-15(28(24,26-6-2)27-7-3)17(18(19,20)21)22-14-10-8-13(4)9-11-14/h8-11,15,17,22H,5-7,12H2,1-4H3. The van der Waals surface area contributed by atoms with E-state index in [1.165, 1.54) is 32.9 Å². The highest BCUT2D eigenvalue weighted by Gasteiger charge is 2.54. The molecule has 0 aromatic heterocycles. The number of esters is 1. The fourth-order valence-electron chi connectivity index (χ4n) is 2.62. The maximum absolute atomic E-state index is 13.9. The van der Waals surface area contributed by atoms with Gasteiger partial charge in [0.1, 0.15) is 11.7 Å². The summed E-state index contributed by atoms with van der Waals surface area (Å²) < 4.78 is 70.0. The summed E-state index contributed by atoms with van der Waals surface area (Å²) in [6.45, 7) is 6.03. The Bertz CT molecular complexity index is 656. The molecule has 2 unspecified atom stereocenters. The quantitative estimate of drug-likeness (QED) is 0.401. The second kappa shape index (κ2) is 10.8. The van der Waals surface area contributed by atoms with Gasteiger partial charge in [0.05, 0.1) is 26.2 Å². The van der Waals surface area contributed by atoms with Crippen LogP contribution in [0.5, 0.6) is 0 Å². The molecule has 10 heteroatoms. The summed E-state index contributed by atoms with van der Waals surface area (Å²) in [5.74, 6) is -0.910. The van der Waals surface area contributed by atoms with E-state index in [9.17, 15) is 22.5 Å². The Morgan fingerprint density at radius 3 is 2.04 bits per heavy atom. The van der Waals surface area contributed by atoms with Gasteiger partial charge in [0, 0.05) is 5.69 Å². The van der Waals surface area contributed by atoms with Crippen molar-refractivity contribution in [1.82, 2.24) is 0 Å². The van der Waals surface area contributed by atoms with Gasteiger partial charge in [0.15, 0.2) is 0 Å². The summed E-state index contributed by atoms with van der Waals surface area (Å²) in [5, 5.41) is 2.35. The predicted molar refractivity (Wildman–Crippen MR) is 101 cm³/mol. The normalized spacial score (nSPS) is 14.4. The fourth-order valence-corrected chi connectivity index (χ4v) is 4.78. The van der Waals surface area contributed by atoms with Gasteiger partial charge in [-0.2, -0.15) is 13.2 Å². The molecule has 0 aliphatic heterocycles. The summed E-state index contributed by atoms with van der Waals surface area (Å²) >= 11 is 0. The summed E-state index contributed by atoms with van der Waals surface area (Å²) in [6, 6.07) is 3.88. The second-order valence-electron chi connectivity index (χ2n) is 5.98. The molecule has 0 aliphatic carbocycles. The van der Waals surface area contributed by atoms with E-state index in [-0.39, 0.29) is 25.5 Å². The molecule has 2 atom stereocenters. The Morgan fingerprint density at radius 2 is 1.61 bits per heavy atom. The van der Waals surface area contributed by atoms with Gasteiger partial charge in [0.25, 0.3) is 0 Å². The van der Waals surface area contributed by atoms with E-state index in [1.54, 1.807) is 19.1 Å². The molecule has 1 N–H and O–H groups in total. The number of ether oxygens (including phenoxy) is 1. The molecule has 0 radical (unpaired) electrons. The topological polar surface area (TPSA) is 73.9 Å². The number of aryl methyl sites for hydroxylation is 1. The van der Waals surface area contributed by atoms with Crippen molar-refractivity contribution in [2.24, 2.45) is 0 Å². The van der Waals surface area contributed by atoms with Crippen molar-refractivity contribution in [3.05, 3.63) is 29.8 Å². The van der Waals surface area contributed by atoms with Crippen LogP contribution in [0.2, 0.25) is 0 Å². The van der Waals surface area contributed by atoms with Gasteiger partial charge < -0.3 is 19.1 Å². The molecule has 0 heterocycles. The number of benzene rings is 1. The molecule has 0 fully saturated rings. The van der Waals surface area contributed by atoms with Crippen molar-refractivity contribution in [3.63, 3.8) is 0 Å². The Labute approximate surface area is 163 Å². The highest BCUT2D eigenvalue weighted by atomic mass is 31.2. The number of hydrogen-bond acceptors (Lipinski definition) is 6. The van der Waals surface area contributed by atoms with E-state index in [4.69, 9.17) is 13.8 Å². The highest BCUT2D eigenvalue weighted by molar-refractivity contribution is 7.54. The maximum atomic E-state index is 13.9. The van der Waals surface area contributed by atoms with E-state index in [0.29, 0.717) is 0 Å². The van der Waals surface area contributed by atoms with Gasteiger partial charge >= 0.3 is 19.7 Å². The predicted octanol–water partition coefficient (Wildman–Crippen LogP) is 4.93. The Morgan fingerprint density at radius 1 is 1.07 bits per heavy atom. The molecule has 0 bridgehead atoms. The lowest BCUT2D eigenvalue weighted by Crippen LogP contribution is -2.47. The molecule has 160 valence electrons. The Hall–Kier alpha value is -1.57. The number of nitrogens with one attached hydrogen (secondary N) is 1. The first kappa shape index (κ1) is 24.5. The third-order valence-corrected chi connectivity index (χ3v) is 6.35. The lowest BCUT2D eigenvalue weighted by atomic mass is 10.1. The summed E-state index contributed by atoms with van der Waals surface area (Å²) in [7, 11) is -4.29. The molecule has 1 rings (SSSR count). The zero-order chi connectivity index (χ0) is 21.4. The molecule has 1 aromatic carbocycles. The molecule has 6 nitrogen and oxygen atoms in total. The first-order chi connectivity index (χ1) is 13.1. The van der Waals surface area contributed by atoms with Crippen molar-refractivity contribution in [3.8, 4) is 0 Å². The smallest absolute Gasteiger partial charge is 0.409 e. The van der Waals surface area contributed by atoms with Gasteiger partial charge in [-0.15, -0.1) is 0 Å². The lowest BCUT2D eigenvalue weighted by molar-refractivity contribution is -0.151. The van der Waals surface area contributed by atoms with Crippen LogP contribution in [0.4, 0.5) is 18.9 Å². The average molecular weight is 425 g/mol. The van der Waals surface area contributed by atoms with Crippen molar-refractivity contribution >= 4 is 19.3 Å². The first-order valence-corrected chi connectivity index (χ1v) is 10.6. The van der Waals surface area contributed by atoms with Crippen molar-refractivity contribution in [2.45, 2.75) is 52.0 Å². The van der Waals surface area contributed by atoms with Crippen LogP contribution in [0.1, 0.15) is 32.8 Å². The summed E-state index contributed by atoms with van der Waals surface area (Å²) in [4.78, 5) is 12.0. The SMILES string of the molecule is CCOC(=O)CC(C(Nc1ccc(C)cc1)C(F)(F)F)P(=O)(OCC)OCC. The number of carbonyl (C=O) groups excluding carboxylic acids is 1.